The van der Waals surface area contributed by atoms with Gasteiger partial charge in [-0.1, -0.05) is 5.16 Å². The maximum atomic E-state index is 10.8. The lowest BCUT2D eigenvalue weighted by Gasteiger charge is -2.08. The van der Waals surface area contributed by atoms with Gasteiger partial charge in [0.1, 0.15) is 11.3 Å². The van der Waals surface area contributed by atoms with Crippen LogP contribution in [-0.2, 0) is 0 Å². The molecule has 0 saturated carbocycles. The molecule has 7 nitrogen and oxygen atoms in total. The van der Waals surface area contributed by atoms with Crippen LogP contribution in [-0.4, -0.2) is 30.1 Å². The number of carboxylic acid groups (broad SMARTS) is 1. The van der Waals surface area contributed by atoms with E-state index in [2.05, 4.69) is 5.16 Å². The van der Waals surface area contributed by atoms with Gasteiger partial charge in [-0.25, -0.2) is 4.79 Å². The number of carbonyl (C=O) groups is 1. The van der Waals surface area contributed by atoms with Crippen molar-refractivity contribution in [1.29, 1.82) is 0 Å². The normalized spacial score (nSPS) is 12.5. The molecular formula is C12H9NO6. The SMILES string of the molecule is COc1ccc2c(c1-c1cc(C(=O)O)no1)OCO2. The first kappa shape index (κ1) is 11.4. The van der Waals surface area contributed by atoms with E-state index in [9.17, 15) is 4.79 Å². The summed E-state index contributed by atoms with van der Waals surface area (Å²) in [6.45, 7) is 0.0927. The number of hydrogen-bond acceptors (Lipinski definition) is 6. The standard InChI is InChI=1S/C12H9NO6/c1-16-7-2-3-8-11(18-5-17-8)10(7)9-4-6(12(14)15)13-19-9/h2-4H,5H2,1H3,(H,14,15). The van der Waals surface area contributed by atoms with E-state index < -0.39 is 5.97 Å². The molecule has 2 aromatic rings. The second-order valence-corrected chi connectivity index (χ2v) is 3.76. The van der Waals surface area contributed by atoms with Crippen LogP contribution < -0.4 is 14.2 Å². The lowest BCUT2D eigenvalue weighted by molar-refractivity contribution is 0.0686. The molecule has 0 fully saturated rings. The van der Waals surface area contributed by atoms with Crippen LogP contribution >= 0.6 is 0 Å². The zero-order valence-electron chi connectivity index (χ0n) is 9.87. The van der Waals surface area contributed by atoms with Crippen LogP contribution in [0.5, 0.6) is 17.2 Å². The van der Waals surface area contributed by atoms with Crippen molar-refractivity contribution in [2.75, 3.05) is 13.9 Å². The van der Waals surface area contributed by atoms with Crippen molar-refractivity contribution < 1.29 is 28.6 Å². The Balaban J connectivity index is 2.17. The fraction of sp³-hybridized carbons (Fsp3) is 0.167. The van der Waals surface area contributed by atoms with Crippen LogP contribution in [0.1, 0.15) is 10.5 Å². The van der Waals surface area contributed by atoms with Crippen molar-refractivity contribution in [3.63, 3.8) is 0 Å². The predicted molar refractivity (Wildman–Crippen MR) is 61.6 cm³/mol. The number of carboxylic acids is 1. The minimum absolute atomic E-state index is 0.0927. The molecule has 0 amide bonds. The van der Waals surface area contributed by atoms with Crippen LogP contribution in [0.4, 0.5) is 0 Å². The molecule has 0 bridgehead atoms. The Morgan fingerprint density at radius 1 is 1.42 bits per heavy atom. The van der Waals surface area contributed by atoms with E-state index in [4.69, 9.17) is 23.8 Å². The summed E-state index contributed by atoms with van der Waals surface area (Å²) in [6, 6.07) is 4.70. The van der Waals surface area contributed by atoms with Crippen molar-refractivity contribution >= 4 is 5.97 Å². The largest absolute Gasteiger partial charge is 0.496 e. The molecule has 7 heteroatoms. The molecule has 0 aliphatic carbocycles. The highest BCUT2D eigenvalue weighted by molar-refractivity contribution is 5.87. The van der Waals surface area contributed by atoms with E-state index in [-0.39, 0.29) is 18.2 Å². The number of nitrogens with zero attached hydrogens (tertiary/aromatic N) is 1. The molecule has 0 unspecified atom stereocenters. The maximum Gasteiger partial charge on any atom is 0.358 e. The molecule has 1 N–H and O–H groups in total. The van der Waals surface area contributed by atoms with E-state index in [0.29, 0.717) is 22.8 Å². The molecule has 1 aromatic carbocycles. The Hall–Kier alpha value is -2.70. The average molecular weight is 263 g/mol. The Labute approximate surface area is 107 Å². The van der Waals surface area contributed by atoms with Gasteiger partial charge < -0.3 is 23.8 Å². The third kappa shape index (κ3) is 1.75. The van der Waals surface area contributed by atoms with E-state index in [1.54, 1.807) is 12.1 Å². The van der Waals surface area contributed by atoms with Gasteiger partial charge in [0.2, 0.25) is 6.79 Å². The van der Waals surface area contributed by atoms with Crippen LogP contribution in [0, 0.1) is 0 Å². The molecule has 0 radical (unpaired) electrons. The van der Waals surface area contributed by atoms with Crippen LogP contribution in [0.2, 0.25) is 0 Å². The van der Waals surface area contributed by atoms with Gasteiger partial charge in [0.25, 0.3) is 0 Å². The molecule has 1 aliphatic rings. The number of benzene rings is 1. The zero-order valence-corrected chi connectivity index (χ0v) is 9.87. The molecular weight excluding hydrogens is 254 g/mol. The Kier molecular flexibility index (Phi) is 2.52. The Bertz CT molecular complexity index is 648. The summed E-state index contributed by atoms with van der Waals surface area (Å²) in [6.07, 6.45) is 0. The highest BCUT2D eigenvalue weighted by Gasteiger charge is 2.26. The minimum atomic E-state index is -1.17. The number of methoxy groups -OCH3 is 1. The van der Waals surface area contributed by atoms with E-state index in [1.165, 1.54) is 13.2 Å². The zero-order chi connectivity index (χ0) is 13.4. The number of rotatable bonds is 3. The lowest BCUT2D eigenvalue weighted by atomic mass is 10.1. The second-order valence-electron chi connectivity index (χ2n) is 3.76. The van der Waals surface area contributed by atoms with Crippen LogP contribution in [0.15, 0.2) is 22.7 Å². The van der Waals surface area contributed by atoms with Gasteiger partial charge in [-0.05, 0) is 12.1 Å². The van der Waals surface area contributed by atoms with E-state index in [0.717, 1.165) is 0 Å². The van der Waals surface area contributed by atoms with Gasteiger partial charge in [0.15, 0.2) is 23.0 Å². The van der Waals surface area contributed by atoms with Gasteiger partial charge in [0, 0.05) is 6.07 Å². The Morgan fingerprint density at radius 2 is 2.26 bits per heavy atom. The summed E-state index contributed by atoms with van der Waals surface area (Å²) in [5.41, 5.74) is 0.297. The van der Waals surface area contributed by atoms with Crippen molar-refractivity contribution in [2.45, 2.75) is 0 Å². The summed E-state index contributed by atoms with van der Waals surface area (Å²) < 4.78 is 20.9. The molecule has 0 spiro atoms. The first-order valence-electron chi connectivity index (χ1n) is 5.37. The molecule has 1 aromatic heterocycles. The third-order valence-corrected chi connectivity index (χ3v) is 2.70. The fourth-order valence-corrected chi connectivity index (χ4v) is 1.85. The summed E-state index contributed by atoms with van der Waals surface area (Å²) in [5, 5.41) is 12.3. The molecule has 3 rings (SSSR count). The molecule has 0 saturated heterocycles. The minimum Gasteiger partial charge on any atom is -0.496 e. The van der Waals surface area contributed by atoms with Gasteiger partial charge in [-0.15, -0.1) is 0 Å². The molecule has 0 atom stereocenters. The fourth-order valence-electron chi connectivity index (χ4n) is 1.85. The predicted octanol–water partition coefficient (Wildman–Crippen LogP) is 1.78. The van der Waals surface area contributed by atoms with Crippen molar-refractivity contribution in [3.05, 3.63) is 23.9 Å². The van der Waals surface area contributed by atoms with Gasteiger partial charge >= 0.3 is 5.97 Å². The highest BCUT2D eigenvalue weighted by atomic mass is 16.7. The summed E-state index contributed by atoms with van der Waals surface area (Å²) in [4.78, 5) is 10.8. The van der Waals surface area contributed by atoms with Crippen LogP contribution in [0.3, 0.4) is 0 Å². The number of hydrogen-bond donors (Lipinski definition) is 1. The van der Waals surface area contributed by atoms with E-state index >= 15 is 0 Å². The van der Waals surface area contributed by atoms with Crippen molar-refractivity contribution in [2.24, 2.45) is 0 Å². The van der Waals surface area contributed by atoms with Crippen LogP contribution in [0.25, 0.3) is 11.3 Å². The van der Waals surface area contributed by atoms with E-state index in [1.807, 2.05) is 0 Å². The smallest absolute Gasteiger partial charge is 0.358 e. The number of aromatic nitrogens is 1. The van der Waals surface area contributed by atoms with Gasteiger partial charge in [-0.2, -0.15) is 0 Å². The first-order valence-corrected chi connectivity index (χ1v) is 5.37. The first-order chi connectivity index (χ1) is 9.20. The second kappa shape index (κ2) is 4.20. The van der Waals surface area contributed by atoms with Crippen molar-refractivity contribution in [3.8, 4) is 28.6 Å². The summed E-state index contributed by atoms with van der Waals surface area (Å²) in [5.74, 6) is 0.559. The molecule has 98 valence electrons. The molecule has 19 heavy (non-hydrogen) atoms. The number of ether oxygens (including phenoxy) is 3. The quantitative estimate of drug-likeness (QED) is 0.902. The highest BCUT2D eigenvalue weighted by Crippen LogP contribution is 2.46. The Morgan fingerprint density at radius 3 is 2.95 bits per heavy atom. The summed E-state index contributed by atoms with van der Waals surface area (Å²) in [7, 11) is 1.50. The van der Waals surface area contributed by atoms with Gasteiger partial charge in [0.05, 0.1) is 7.11 Å². The average Bonchev–Trinajstić information content (AvgIpc) is 3.06. The van der Waals surface area contributed by atoms with Crippen molar-refractivity contribution in [1.82, 2.24) is 5.16 Å². The lowest BCUT2D eigenvalue weighted by Crippen LogP contribution is -1.95. The number of fused-ring (bicyclic) bond motifs is 1. The van der Waals surface area contributed by atoms with Gasteiger partial charge in [-0.3, -0.25) is 0 Å². The monoisotopic (exact) mass is 263 g/mol. The summed E-state index contributed by atoms with van der Waals surface area (Å²) >= 11 is 0. The topological polar surface area (TPSA) is 91.0 Å². The number of aromatic carboxylic acids is 1. The maximum absolute atomic E-state index is 10.8. The molecule has 1 aliphatic heterocycles. The third-order valence-electron chi connectivity index (χ3n) is 2.70. The molecule has 2 heterocycles.